The van der Waals surface area contributed by atoms with Gasteiger partial charge in [-0.3, -0.25) is 4.79 Å². The molecule has 3 rings (SSSR count). The van der Waals surface area contributed by atoms with Crippen molar-refractivity contribution in [3.63, 3.8) is 0 Å². The summed E-state index contributed by atoms with van der Waals surface area (Å²) in [4.78, 5) is 24.3. The molecule has 0 unspecified atom stereocenters. The molecule has 8 nitrogen and oxygen atoms in total. The number of nitrogens with one attached hydrogen (secondary N) is 1. The van der Waals surface area contributed by atoms with E-state index in [9.17, 15) is 4.79 Å². The summed E-state index contributed by atoms with van der Waals surface area (Å²) in [6, 6.07) is 16.6. The van der Waals surface area contributed by atoms with Crippen LogP contribution in [0.4, 0.5) is 17.6 Å². The Morgan fingerprint density at radius 2 is 1.78 bits per heavy atom. The summed E-state index contributed by atoms with van der Waals surface area (Å²) >= 11 is 0. The van der Waals surface area contributed by atoms with E-state index in [-0.39, 0.29) is 30.7 Å². The molecule has 8 heteroatoms. The average Bonchev–Trinajstić information content (AvgIpc) is 2.67. The van der Waals surface area contributed by atoms with Gasteiger partial charge in [0, 0.05) is 5.69 Å². The molecule has 0 saturated heterocycles. The number of esters is 1. The van der Waals surface area contributed by atoms with Crippen LogP contribution < -0.4 is 15.8 Å². The van der Waals surface area contributed by atoms with Crippen LogP contribution in [0, 0.1) is 0 Å². The van der Waals surface area contributed by atoms with Gasteiger partial charge >= 0.3 is 5.97 Å². The summed E-state index contributed by atoms with van der Waals surface area (Å²) in [6.07, 6.45) is 0.139. The van der Waals surface area contributed by atoms with Crippen molar-refractivity contribution in [2.75, 3.05) is 18.2 Å². The van der Waals surface area contributed by atoms with Crippen LogP contribution in [0.1, 0.15) is 11.4 Å². The lowest BCUT2D eigenvalue weighted by atomic mass is 10.1. The molecule has 0 radical (unpaired) electrons. The second-order valence-electron chi connectivity index (χ2n) is 5.61. The normalized spacial score (nSPS) is 10.3. The first-order valence-corrected chi connectivity index (χ1v) is 8.23. The molecule has 3 N–H and O–H groups in total. The Kier molecular flexibility index (Phi) is 5.78. The van der Waals surface area contributed by atoms with Crippen LogP contribution in [0.2, 0.25) is 0 Å². The largest absolute Gasteiger partial charge is 0.497 e. The van der Waals surface area contributed by atoms with Crippen molar-refractivity contribution in [1.29, 1.82) is 0 Å². The molecule has 0 bridgehead atoms. The standard InChI is InChI=1S/C19H19N5O3/c1-26-15-9-7-13(8-10-15)11-17(25)27-12-16-22-18(20)24-19(23-16)21-14-5-3-2-4-6-14/h2-10H,11-12H2,1H3,(H3,20,21,22,23,24). The van der Waals surface area contributed by atoms with Gasteiger partial charge in [0.25, 0.3) is 0 Å². The number of benzene rings is 2. The summed E-state index contributed by atoms with van der Waals surface area (Å²) in [5.41, 5.74) is 7.35. The molecule has 0 fully saturated rings. The Morgan fingerprint density at radius 1 is 1.04 bits per heavy atom. The number of nitrogens with two attached hydrogens (primary N) is 1. The molecule has 0 saturated carbocycles. The summed E-state index contributed by atoms with van der Waals surface area (Å²) in [6.45, 7) is -0.0921. The quantitative estimate of drug-likeness (QED) is 0.614. The van der Waals surface area contributed by atoms with E-state index < -0.39 is 5.97 Å². The highest BCUT2D eigenvalue weighted by molar-refractivity contribution is 5.72. The monoisotopic (exact) mass is 365 g/mol. The van der Waals surface area contributed by atoms with Gasteiger partial charge in [-0.25, -0.2) is 0 Å². The van der Waals surface area contributed by atoms with Crippen LogP contribution in [0.3, 0.4) is 0 Å². The summed E-state index contributed by atoms with van der Waals surface area (Å²) in [5, 5.41) is 3.03. The third-order valence-corrected chi connectivity index (χ3v) is 3.60. The van der Waals surface area contributed by atoms with E-state index in [1.807, 2.05) is 42.5 Å². The maximum Gasteiger partial charge on any atom is 0.310 e. The van der Waals surface area contributed by atoms with Crippen molar-refractivity contribution < 1.29 is 14.3 Å². The number of rotatable bonds is 7. The Labute approximate surface area is 156 Å². The van der Waals surface area contributed by atoms with Crippen LogP contribution in [-0.4, -0.2) is 28.0 Å². The molecule has 138 valence electrons. The summed E-state index contributed by atoms with van der Waals surface area (Å²) in [7, 11) is 1.59. The first-order valence-electron chi connectivity index (χ1n) is 8.23. The zero-order chi connectivity index (χ0) is 19.1. The number of aromatic nitrogens is 3. The molecule has 0 aliphatic heterocycles. The number of carbonyl (C=O) groups is 1. The minimum atomic E-state index is -0.392. The second kappa shape index (κ2) is 8.61. The number of methoxy groups -OCH3 is 1. The lowest BCUT2D eigenvalue weighted by Gasteiger charge is -2.08. The van der Waals surface area contributed by atoms with Gasteiger partial charge in [0.05, 0.1) is 13.5 Å². The van der Waals surface area contributed by atoms with Gasteiger partial charge in [0.15, 0.2) is 12.4 Å². The first kappa shape index (κ1) is 18.1. The topological polar surface area (TPSA) is 112 Å². The lowest BCUT2D eigenvalue weighted by Crippen LogP contribution is -2.12. The van der Waals surface area contributed by atoms with E-state index in [2.05, 4.69) is 20.3 Å². The SMILES string of the molecule is COc1ccc(CC(=O)OCc2nc(N)nc(Nc3ccccc3)n2)cc1. The smallest absolute Gasteiger partial charge is 0.310 e. The van der Waals surface area contributed by atoms with E-state index >= 15 is 0 Å². The fraction of sp³-hybridized carbons (Fsp3) is 0.158. The number of para-hydroxylation sites is 1. The maximum absolute atomic E-state index is 12.0. The average molecular weight is 365 g/mol. The van der Waals surface area contributed by atoms with E-state index in [0.29, 0.717) is 0 Å². The molecule has 0 aliphatic rings. The molecule has 2 aromatic carbocycles. The van der Waals surface area contributed by atoms with Crippen LogP contribution in [0.25, 0.3) is 0 Å². The fourth-order valence-corrected chi connectivity index (χ4v) is 2.32. The first-order chi connectivity index (χ1) is 13.1. The van der Waals surface area contributed by atoms with Crippen LogP contribution in [0.5, 0.6) is 5.75 Å². The van der Waals surface area contributed by atoms with Gasteiger partial charge in [-0.15, -0.1) is 0 Å². The number of nitrogens with zero attached hydrogens (tertiary/aromatic N) is 3. The molecular weight excluding hydrogens is 346 g/mol. The van der Waals surface area contributed by atoms with E-state index in [4.69, 9.17) is 15.2 Å². The number of carbonyl (C=O) groups excluding carboxylic acids is 1. The maximum atomic E-state index is 12.0. The zero-order valence-electron chi connectivity index (χ0n) is 14.8. The van der Waals surface area contributed by atoms with Gasteiger partial charge in [0.2, 0.25) is 11.9 Å². The van der Waals surface area contributed by atoms with Gasteiger partial charge in [0.1, 0.15) is 5.75 Å². The second-order valence-corrected chi connectivity index (χ2v) is 5.61. The molecular formula is C19H19N5O3. The number of nitrogen functional groups attached to an aromatic ring is 1. The fourth-order valence-electron chi connectivity index (χ4n) is 2.32. The Bertz CT molecular complexity index is 901. The third kappa shape index (κ3) is 5.40. The zero-order valence-corrected chi connectivity index (χ0v) is 14.8. The van der Waals surface area contributed by atoms with E-state index in [1.54, 1.807) is 19.2 Å². The summed E-state index contributed by atoms with van der Waals surface area (Å²) < 4.78 is 10.3. The van der Waals surface area contributed by atoms with Gasteiger partial charge in [-0.05, 0) is 29.8 Å². The minimum Gasteiger partial charge on any atom is -0.497 e. The van der Waals surface area contributed by atoms with Crippen molar-refractivity contribution in [2.24, 2.45) is 0 Å². The summed E-state index contributed by atoms with van der Waals surface area (Å²) in [5.74, 6) is 0.937. The molecule has 0 amide bonds. The highest BCUT2D eigenvalue weighted by Gasteiger charge is 2.10. The molecule has 0 spiro atoms. The lowest BCUT2D eigenvalue weighted by molar-refractivity contribution is -0.144. The highest BCUT2D eigenvalue weighted by atomic mass is 16.5. The highest BCUT2D eigenvalue weighted by Crippen LogP contribution is 2.14. The van der Waals surface area contributed by atoms with Crippen molar-refractivity contribution in [3.8, 4) is 5.75 Å². The number of hydrogen-bond acceptors (Lipinski definition) is 8. The number of ether oxygens (including phenoxy) is 2. The van der Waals surface area contributed by atoms with Crippen LogP contribution in [-0.2, 0) is 22.6 Å². The third-order valence-electron chi connectivity index (χ3n) is 3.60. The number of anilines is 3. The predicted octanol–water partition coefficient (Wildman–Crippen LogP) is 2.49. The van der Waals surface area contributed by atoms with Crippen molar-refractivity contribution in [3.05, 3.63) is 66.0 Å². The van der Waals surface area contributed by atoms with Gasteiger partial charge < -0.3 is 20.5 Å². The molecule has 3 aromatic rings. The minimum absolute atomic E-state index is 0.0460. The Balaban J connectivity index is 1.59. The van der Waals surface area contributed by atoms with Crippen molar-refractivity contribution >= 4 is 23.6 Å². The molecule has 1 heterocycles. The van der Waals surface area contributed by atoms with Gasteiger partial charge in [-0.1, -0.05) is 30.3 Å². The van der Waals surface area contributed by atoms with Crippen molar-refractivity contribution in [1.82, 2.24) is 15.0 Å². The molecule has 27 heavy (non-hydrogen) atoms. The van der Waals surface area contributed by atoms with Crippen LogP contribution in [0.15, 0.2) is 54.6 Å². The van der Waals surface area contributed by atoms with Crippen molar-refractivity contribution in [2.45, 2.75) is 13.0 Å². The molecule has 1 aromatic heterocycles. The van der Waals surface area contributed by atoms with Gasteiger partial charge in [-0.2, -0.15) is 15.0 Å². The molecule has 0 aliphatic carbocycles. The molecule has 0 atom stereocenters. The van der Waals surface area contributed by atoms with Crippen LogP contribution >= 0.6 is 0 Å². The Morgan fingerprint density at radius 3 is 2.48 bits per heavy atom. The number of hydrogen-bond donors (Lipinski definition) is 2. The van der Waals surface area contributed by atoms with E-state index in [0.717, 1.165) is 17.0 Å². The predicted molar refractivity (Wildman–Crippen MR) is 100 cm³/mol. The Hall–Kier alpha value is -3.68. The van der Waals surface area contributed by atoms with E-state index in [1.165, 1.54) is 0 Å².